The summed E-state index contributed by atoms with van der Waals surface area (Å²) >= 11 is 0. The van der Waals surface area contributed by atoms with Gasteiger partial charge in [0, 0.05) is 19.6 Å². The number of fused-ring (bicyclic) bond motifs is 1. The summed E-state index contributed by atoms with van der Waals surface area (Å²) in [5, 5.41) is 9.62. The summed E-state index contributed by atoms with van der Waals surface area (Å²) in [6.07, 6.45) is 0.0433. The number of rotatable bonds is 6. The Labute approximate surface area is 184 Å². The van der Waals surface area contributed by atoms with E-state index in [4.69, 9.17) is 4.74 Å². The molecule has 4 heteroatoms. The van der Waals surface area contributed by atoms with Crippen molar-refractivity contribution in [2.45, 2.75) is 46.8 Å². The molecule has 0 atom stereocenters. The molecule has 1 heterocycles. The van der Waals surface area contributed by atoms with E-state index < -0.39 is 5.97 Å². The molecule has 4 rings (SSSR count). The van der Waals surface area contributed by atoms with Gasteiger partial charge in [0.05, 0.1) is 13.5 Å². The number of hydrogen-bond donors (Lipinski definition) is 1. The molecule has 0 spiro atoms. The first-order valence-corrected chi connectivity index (χ1v) is 10.6. The molecule has 160 valence electrons. The fourth-order valence-electron chi connectivity index (χ4n) is 4.71. The van der Waals surface area contributed by atoms with Crippen LogP contribution in [0.2, 0.25) is 0 Å². The quantitative estimate of drug-likeness (QED) is 0.583. The van der Waals surface area contributed by atoms with Crippen LogP contribution in [0.5, 0.6) is 5.75 Å². The average molecular weight is 416 g/mol. The fourth-order valence-corrected chi connectivity index (χ4v) is 4.71. The second-order valence-corrected chi connectivity index (χ2v) is 8.49. The third kappa shape index (κ3) is 4.21. The van der Waals surface area contributed by atoms with Crippen LogP contribution in [0.4, 0.5) is 0 Å². The standard InChI is InChI=1S/C27H29NO3/c1-17-5-9-21(10-6-17)27-19(3)25-16-28(14-20-7-11-22(31-4)12-8-20)15-24(25)18(2)23(27)13-26(29)30/h5-12H,13-16H2,1-4H3,(H,29,30). The highest BCUT2D eigenvalue weighted by atomic mass is 16.5. The number of nitrogens with zero attached hydrogens (tertiary/aromatic N) is 1. The van der Waals surface area contributed by atoms with Gasteiger partial charge in [0.2, 0.25) is 0 Å². The van der Waals surface area contributed by atoms with Gasteiger partial charge in [-0.2, -0.15) is 0 Å². The molecule has 0 aromatic heterocycles. The summed E-state index contributed by atoms with van der Waals surface area (Å²) in [6.45, 7) is 8.88. The number of carboxylic acid groups (broad SMARTS) is 1. The molecule has 31 heavy (non-hydrogen) atoms. The molecule has 4 nitrogen and oxygen atoms in total. The molecule has 0 radical (unpaired) electrons. The second-order valence-electron chi connectivity index (χ2n) is 8.49. The molecule has 0 aliphatic carbocycles. The molecular formula is C27H29NO3. The van der Waals surface area contributed by atoms with Crippen molar-refractivity contribution in [3.8, 4) is 16.9 Å². The van der Waals surface area contributed by atoms with Crippen LogP contribution >= 0.6 is 0 Å². The maximum atomic E-state index is 11.7. The Bertz CT molecular complexity index is 1110. The molecule has 1 N–H and O–H groups in total. The number of aliphatic carboxylic acids is 1. The lowest BCUT2D eigenvalue weighted by molar-refractivity contribution is -0.136. The maximum absolute atomic E-state index is 11.7. The molecule has 1 aliphatic rings. The van der Waals surface area contributed by atoms with Crippen LogP contribution in [0.3, 0.4) is 0 Å². The summed E-state index contributed by atoms with van der Waals surface area (Å²) in [6, 6.07) is 16.6. The molecule has 0 unspecified atom stereocenters. The van der Waals surface area contributed by atoms with Crippen LogP contribution < -0.4 is 4.74 Å². The zero-order chi connectivity index (χ0) is 22.1. The average Bonchev–Trinajstić information content (AvgIpc) is 3.18. The Kier molecular flexibility index (Phi) is 5.84. The zero-order valence-electron chi connectivity index (χ0n) is 18.7. The topological polar surface area (TPSA) is 49.8 Å². The Balaban J connectivity index is 1.72. The minimum absolute atomic E-state index is 0.0433. The molecule has 0 amide bonds. The third-order valence-corrected chi connectivity index (χ3v) is 6.40. The highest BCUT2D eigenvalue weighted by Crippen LogP contribution is 2.40. The SMILES string of the molecule is COc1ccc(CN2Cc3c(C)c(CC(=O)O)c(-c4ccc(C)cc4)c(C)c3C2)cc1. The second kappa shape index (κ2) is 8.56. The van der Waals surface area contributed by atoms with Crippen molar-refractivity contribution in [3.63, 3.8) is 0 Å². The van der Waals surface area contributed by atoms with Crippen LogP contribution in [-0.4, -0.2) is 23.1 Å². The molecular weight excluding hydrogens is 386 g/mol. The Hall–Kier alpha value is -3.11. The number of aryl methyl sites for hydroxylation is 1. The smallest absolute Gasteiger partial charge is 0.307 e. The van der Waals surface area contributed by atoms with Gasteiger partial charge < -0.3 is 9.84 Å². The van der Waals surface area contributed by atoms with Gasteiger partial charge in [-0.15, -0.1) is 0 Å². The van der Waals surface area contributed by atoms with Crippen molar-refractivity contribution < 1.29 is 14.6 Å². The first kappa shape index (κ1) is 21.1. The number of ether oxygens (including phenoxy) is 1. The van der Waals surface area contributed by atoms with E-state index in [0.717, 1.165) is 47.6 Å². The van der Waals surface area contributed by atoms with E-state index in [9.17, 15) is 9.90 Å². The van der Waals surface area contributed by atoms with Crippen molar-refractivity contribution in [1.29, 1.82) is 0 Å². The van der Waals surface area contributed by atoms with Crippen molar-refractivity contribution in [1.82, 2.24) is 4.90 Å². The van der Waals surface area contributed by atoms with Gasteiger partial charge in [0.1, 0.15) is 5.75 Å². The van der Waals surface area contributed by atoms with E-state index >= 15 is 0 Å². The van der Waals surface area contributed by atoms with E-state index in [-0.39, 0.29) is 6.42 Å². The lowest BCUT2D eigenvalue weighted by Crippen LogP contribution is -2.15. The molecule has 0 bridgehead atoms. The predicted octanol–water partition coefficient (Wildman–Crippen LogP) is 5.43. The largest absolute Gasteiger partial charge is 0.497 e. The molecule has 3 aromatic carbocycles. The first-order valence-electron chi connectivity index (χ1n) is 10.6. The number of methoxy groups -OCH3 is 1. The normalized spacial score (nSPS) is 13.3. The van der Waals surface area contributed by atoms with Crippen LogP contribution in [0.15, 0.2) is 48.5 Å². The van der Waals surface area contributed by atoms with Gasteiger partial charge in [-0.3, -0.25) is 9.69 Å². The first-order chi connectivity index (χ1) is 14.9. The van der Waals surface area contributed by atoms with Crippen LogP contribution in [-0.2, 0) is 30.8 Å². The van der Waals surface area contributed by atoms with Crippen molar-refractivity contribution in [2.75, 3.05) is 7.11 Å². The lowest BCUT2D eigenvalue weighted by Gasteiger charge is -2.20. The Morgan fingerprint density at radius 1 is 0.935 bits per heavy atom. The fraction of sp³-hybridized carbons (Fsp3) is 0.296. The number of hydrogen-bond acceptors (Lipinski definition) is 3. The van der Waals surface area contributed by atoms with Crippen LogP contribution in [0.25, 0.3) is 11.1 Å². The Morgan fingerprint density at radius 3 is 2.13 bits per heavy atom. The summed E-state index contributed by atoms with van der Waals surface area (Å²) in [5.74, 6) is 0.0742. The summed E-state index contributed by atoms with van der Waals surface area (Å²) in [7, 11) is 1.68. The van der Waals surface area contributed by atoms with Crippen LogP contribution in [0.1, 0.15) is 38.9 Å². The van der Waals surface area contributed by atoms with Crippen molar-refractivity contribution in [3.05, 3.63) is 87.5 Å². The number of benzene rings is 3. The lowest BCUT2D eigenvalue weighted by atomic mass is 9.84. The molecule has 0 saturated carbocycles. The molecule has 3 aromatic rings. The minimum atomic E-state index is -0.788. The van der Waals surface area contributed by atoms with E-state index in [0.29, 0.717) is 0 Å². The summed E-state index contributed by atoms with van der Waals surface area (Å²) in [4.78, 5) is 14.1. The van der Waals surface area contributed by atoms with Crippen molar-refractivity contribution in [2.24, 2.45) is 0 Å². The molecule has 0 saturated heterocycles. The van der Waals surface area contributed by atoms with E-state index in [1.165, 1.54) is 27.8 Å². The summed E-state index contributed by atoms with van der Waals surface area (Å²) < 4.78 is 5.27. The van der Waals surface area contributed by atoms with Crippen molar-refractivity contribution >= 4 is 5.97 Å². The van der Waals surface area contributed by atoms with E-state index in [1.54, 1.807) is 7.11 Å². The predicted molar refractivity (Wildman–Crippen MR) is 123 cm³/mol. The van der Waals surface area contributed by atoms with Gasteiger partial charge >= 0.3 is 5.97 Å². The zero-order valence-corrected chi connectivity index (χ0v) is 18.7. The number of carbonyl (C=O) groups is 1. The van der Waals surface area contributed by atoms with E-state index in [2.05, 4.69) is 62.1 Å². The third-order valence-electron chi connectivity index (χ3n) is 6.40. The monoisotopic (exact) mass is 415 g/mol. The molecule has 0 fully saturated rings. The minimum Gasteiger partial charge on any atom is -0.497 e. The van der Waals surface area contributed by atoms with Gasteiger partial charge in [-0.25, -0.2) is 0 Å². The maximum Gasteiger partial charge on any atom is 0.307 e. The summed E-state index contributed by atoms with van der Waals surface area (Å²) in [5.41, 5.74) is 10.5. The van der Waals surface area contributed by atoms with Crippen LogP contribution in [0, 0.1) is 20.8 Å². The Morgan fingerprint density at radius 2 is 1.55 bits per heavy atom. The van der Waals surface area contributed by atoms with Gasteiger partial charge in [-0.05, 0) is 77.4 Å². The highest BCUT2D eigenvalue weighted by molar-refractivity contribution is 5.81. The van der Waals surface area contributed by atoms with E-state index in [1.807, 2.05) is 12.1 Å². The molecule has 1 aliphatic heterocycles. The highest BCUT2D eigenvalue weighted by Gasteiger charge is 2.28. The number of carboxylic acids is 1. The van der Waals surface area contributed by atoms with Gasteiger partial charge in [-0.1, -0.05) is 42.0 Å². The van der Waals surface area contributed by atoms with Gasteiger partial charge in [0.15, 0.2) is 0 Å². The van der Waals surface area contributed by atoms with Gasteiger partial charge in [0.25, 0.3) is 0 Å².